The number of nitrogens with one attached hydrogen (secondary N) is 1. The van der Waals surface area contributed by atoms with Crippen LogP contribution in [-0.4, -0.2) is 26.4 Å². The quantitative estimate of drug-likeness (QED) is 0.778. The van der Waals surface area contributed by atoms with Crippen LogP contribution < -0.4 is 5.32 Å². The van der Waals surface area contributed by atoms with E-state index in [1.54, 1.807) is 32.2 Å². The van der Waals surface area contributed by atoms with E-state index >= 15 is 0 Å². The molecule has 2 rings (SSSR count). The van der Waals surface area contributed by atoms with E-state index in [1.807, 2.05) is 0 Å². The predicted molar refractivity (Wildman–Crippen MR) is 101 cm³/mol. The number of anilines is 1. The van der Waals surface area contributed by atoms with Crippen molar-refractivity contribution in [2.75, 3.05) is 11.6 Å². The van der Waals surface area contributed by atoms with E-state index in [0.29, 0.717) is 10.6 Å². The van der Waals surface area contributed by atoms with Crippen molar-refractivity contribution in [3.63, 3.8) is 0 Å². The summed E-state index contributed by atoms with van der Waals surface area (Å²) < 4.78 is 23.5. The summed E-state index contributed by atoms with van der Waals surface area (Å²) in [5.74, 6) is -0.594. The third kappa shape index (κ3) is 4.48. The number of ketones is 1. The Balaban J connectivity index is 2.34. The van der Waals surface area contributed by atoms with Gasteiger partial charge >= 0.3 is 0 Å². The SMILES string of the molecule is CC(C)(C)C(=O)c1ccsc1NC(=O)c1ccc(Cl)c(S(C)(=O)=O)c1. The molecule has 0 aliphatic heterocycles. The fourth-order valence-corrected chi connectivity index (χ4v) is 4.17. The number of hydrogen-bond acceptors (Lipinski definition) is 5. The largest absolute Gasteiger partial charge is 0.313 e. The van der Waals surface area contributed by atoms with Crippen LogP contribution in [0.25, 0.3) is 0 Å². The summed E-state index contributed by atoms with van der Waals surface area (Å²) in [6, 6.07) is 5.69. The Bertz CT molecular complexity index is 940. The molecule has 0 atom stereocenters. The van der Waals surface area contributed by atoms with E-state index in [-0.39, 0.29) is 21.3 Å². The molecule has 5 nitrogen and oxygen atoms in total. The number of sulfone groups is 1. The summed E-state index contributed by atoms with van der Waals surface area (Å²) >= 11 is 7.12. The number of carbonyl (C=O) groups is 2. The van der Waals surface area contributed by atoms with Gasteiger partial charge in [-0.1, -0.05) is 32.4 Å². The molecular weight excluding hydrogens is 382 g/mol. The zero-order chi connectivity index (χ0) is 19.0. The molecule has 0 saturated carbocycles. The van der Waals surface area contributed by atoms with E-state index in [4.69, 9.17) is 11.6 Å². The summed E-state index contributed by atoms with van der Waals surface area (Å²) in [5.41, 5.74) is 0.000111. The van der Waals surface area contributed by atoms with Gasteiger partial charge in [-0.3, -0.25) is 9.59 Å². The molecule has 1 heterocycles. The molecular formula is C17H18ClNO4S2. The topological polar surface area (TPSA) is 80.3 Å². The highest BCUT2D eigenvalue weighted by molar-refractivity contribution is 7.90. The molecule has 1 N–H and O–H groups in total. The van der Waals surface area contributed by atoms with Crippen LogP contribution in [0.5, 0.6) is 0 Å². The average Bonchev–Trinajstić information content (AvgIpc) is 2.92. The van der Waals surface area contributed by atoms with Crippen molar-refractivity contribution in [2.45, 2.75) is 25.7 Å². The lowest BCUT2D eigenvalue weighted by atomic mass is 9.87. The number of halogens is 1. The van der Waals surface area contributed by atoms with Gasteiger partial charge in [-0.25, -0.2) is 8.42 Å². The van der Waals surface area contributed by atoms with E-state index in [2.05, 4.69) is 5.32 Å². The Morgan fingerprint density at radius 3 is 2.36 bits per heavy atom. The van der Waals surface area contributed by atoms with Gasteiger partial charge in [0.25, 0.3) is 5.91 Å². The zero-order valence-electron chi connectivity index (χ0n) is 14.2. The fraction of sp³-hybridized carbons (Fsp3) is 0.294. The Morgan fingerprint density at radius 2 is 1.80 bits per heavy atom. The lowest BCUT2D eigenvalue weighted by Gasteiger charge is -2.17. The van der Waals surface area contributed by atoms with Crippen LogP contribution >= 0.6 is 22.9 Å². The van der Waals surface area contributed by atoms with Gasteiger partial charge in [0.1, 0.15) is 5.00 Å². The number of hydrogen-bond donors (Lipinski definition) is 1. The number of Topliss-reactive ketones (excluding diaryl/α,β-unsaturated/α-hetero) is 1. The van der Waals surface area contributed by atoms with Gasteiger partial charge in [-0.05, 0) is 29.6 Å². The Hall–Kier alpha value is -1.70. The van der Waals surface area contributed by atoms with Crippen molar-refractivity contribution >= 4 is 49.5 Å². The molecule has 2 aromatic rings. The van der Waals surface area contributed by atoms with Gasteiger partial charge in [-0.15, -0.1) is 11.3 Å². The maximum absolute atomic E-state index is 12.5. The van der Waals surface area contributed by atoms with Gasteiger partial charge in [0.2, 0.25) is 0 Å². The normalized spacial score (nSPS) is 12.0. The molecule has 1 amide bonds. The lowest BCUT2D eigenvalue weighted by Crippen LogP contribution is -2.22. The van der Waals surface area contributed by atoms with E-state index in [1.165, 1.54) is 29.5 Å². The van der Waals surface area contributed by atoms with Crippen molar-refractivity contribution in [3.8, 4) is 0 Å². The summed E-state index contributed by atoms with van der Waals surface area (Å²) in [6.45, 7) is 5.41. The van der Waals surface area contributed by atoms with Crippen LogP contribution in [0.15, 0.2) is 34.5 Å². The van der Waals surface area contributed by atoms with Gasteiger partial charge in [-0.2, -0.15) is 0 Å². The van der Waals surface area contributed by atoms with Crippen molar-refractivity contribution in [2.24, 2.45) is 5.41 Å². The van der Waals surface area contributed by atoms with Crippen LogP contribution in [0.3, 0.4) is 0 Å². The molecule has 0 radical (unpaired) electrons. The second kappa shape index (κ2) is 6.90. The standard InChI is InChI=1S/C17H18ClNO4S2/c1-17(2,3)14(20)11-7-8-24-16(11)19-15(21)10-5-6-12(18)13(9-10)25(4,22)23/h5-9H,1-4H3,(H,19,21). The highest BCUT2D eigenvalue weighted by atomic mass is 35.5. The maximum atomic E-state index is 12.5. The van der Waals surface area contributed by atoms with Gasteiger partial charge in [0, 0.05) is 17.2 Å². The first-order valence-electron chi connectivity index (χ1n) is 7.34. The second-order valence-electron chi connectivity index (χ2n) is 6.61. The molecule has 8 heteroatoms. The average molecular weight is 400 g/mol. The molecule has 0 unspecified atom stereocenters. The predicted octanol–water partition coefficient (Wildman–Crippen LogP) is 4.29. The first-order chi connectivity index (χ1) is 11.4. The highest BCUT2D eigenvalue weighted by Crippen LogP contribution is 2.31. The summed E-state index contributed by atoms with van der Waals surface area (Å²) in [7, 11) is -3.56. The molecule has 0 aliphatic rings. The number of rotatable bonds is 4. The molecule has 0 fully saturated rings. The number of amides is 1. The summed E-state index contributed by atoms with van der Waals surface area (Å²) in [5, 5.41) is 4.89. The smallest absolute Gasteiger partial charge is 0.256 e. The first kappa shape index (κ1) is 19.6. The molecule has 0 aliphatic carbocycles. The Kier molecular flexibility index (Phi) is 5.41. The van der Waals surface area contributed by atoms with Crippen LogP contribution in [0.1, 0.15) is 41.5 Å². The van der Waals surface area contributed by atoms with Gasteiger partial charge < -0.3 is 5.32 Å². The molecule has 0 bridgehead atoms. The van der Waals surface area contributed by atoms with Crippen molar-refractivity contribution < 1.29 is 18.0 Å². The minimum absolute atomic E-state index is 0.0544. The Labute approximate surface area is 155 Å². The third-order valence-electron chi connectivity index (χ3n) is 3.41. The summed E-state index contributed by atoms with van der Waals surface area (Å²) in [4.78, 5) is 24.8. The Morgan fingerprint density at radius 1 is 1.16 bits per heavy atom. The van der Waals surface area contributed by atoms with E-state index in [9.17, 15) is 18.0 Å². The first-order valence-corrected chi connectivity index (χ1v) is 10.5. The van der Waals surface area contributed by atoms with Gasteiger partial charge in [0.05, 0.1) is 15.5 Å². The number of thiophene rings is 1. The maximum Gasteiger partial charge on any atom is 0.256 e. The fourth-order valence-electron chi connectivity index (χ4n) is 2.09. The molecule has 134 valence electrons. The lowest BCUT2D eigenvalue weighted by molar-refractivity contribution is 0.0859. The zero-order valence-corrected chi connectivity index (χ0v) is 16.6. The van der Waals surface area contributed by atoms with E-state index < -0.39 is 21.2 Å². The van der Waals surface area contributed by atoms with Gasteiger partial charge in [0.15, 0.2) is 15.6 Å². The van der Waals surface area contributed by atoms with Crippen molar-refractivity contribution in [3.05, 3.63) is 45.8 Å². The second-order valence-corrected chi connectivity index (χ2v) is 9.92. The van der Waals surface area contributed by atoms with Crippen LogP contribution in [0.4, 0.5) is 5.00 Å². The molecule has 25 heavy (non-hydrogen) atoms. The van der Waals surface area contributed by atoms with Crippen LogP contribution in [0, 0.1) is 5.41 Å². The molecule has 1 aromatic heterocycles. The summed E-state index contributed by atoms with van der Waals surface area (Å²) in [6.07, 6.45) is 1.02. The van der Waals surface area contributed by atoms with Crippen molar-refractivity contribution in [1.29, 1.82) is 0 Å². The van der Waals surface area contributed by atoms with Crippen molar-refractivity contribution in [1.82, 2.24) is 0 Å². The monoisotopic (exact) mass is 399 g/mol. The number of carbonyl (C=O) groups excluding carboxylic acids is 2. The minimum atomic E-state index is -3.56. The number of benzene rings is 1. The van der Waals surface area contributed by atoms with E-state index in [0.717, 1.165) is 6.26 Å². The van der Waals surface area contributed by atoms with Crippen LogP contribution in [0.2, 0.25) is 5.02 Å². The highest BCUT2D eigenvalue weighted by Gasteiger charge is 2.26. The van der Waals surface area contributed by atoms with Crippen LogP contribution in [-0.2, 0) is 9.84 Å². The molecule has 1 aromatic carbocycles. The minimum Gasteiger partial charge on any atom is -0.313 e. The third-order valence-corrected chi connectivity index (χ3v) is 5.82. The molecule has 0 saturated heterocycles. The molecule has 0 spiro atoms.